The van der Waals surface area contributed by atoms with Gasteiger partial charge in [0.15, 0.2) is 5.78 Å². The Bertz CT molecular complexity index is 1420. The van der Waals surface area contributed by atoms with Crippen LogP contribution in [0.4, 0.5) is 4.79 Å². The van der Waals surface area contributed by atoms with E-state index in [1.165, 1.54) is 0 Å². The molecular formula is C32H44O8. The van der Waals surface area contributed by atoms with Gasteiger partial charge in [0, 0.05) is 6.42 Å². The number of rotatable bonds is 4. The SMILES string of the molecule is CCC(=O)c1c(C)c(C)c(C)c(C)c1O.CCOC(=O)OCC.Cc1c(C)c(C)c2c(O)c(C)c(=O)oc2c1C. The topological polar surface area (TPSA) is 123 Å². The van der Waals surface area contributed by atoms with Crippen LogP contribution >= 0.6 is 0 Å². The van der Waals surface area contributed by atoms with E-state index in [4.69, 9.17) is 4.42 Å². The monoisotopic (exact) mass is 556 g/mol. The smallest absolute Gasteiger partial charge is 0.507 e. The molecule has 0 aliphatic carbocycles. The highest BCUT2D eigenvalue weighted by Gasteiger charge is 2.19. The predicted octanol–water partition coefficient (Wildman–Crippen LogP) is 7.44. The Kier molecular flexibility index (Phi) is 12.4. The number of hydrogen-bond donors (Lipinski definition) is 2. The molecule has 0 fully saturated rings. The molecule has 0 radical (unpaired) electrons. The maximum absolute atomic E-state index is 11.7. The minimum absolute atomic E-state index is 0.0104. The van der Waals surface area contributed by atoms with E-state index in [1.807, 2.05) is 62.3 Å². The summed E-state index contributed by atoms with van der Waals surface area (Å²) in [6, 6.07) is 0. The van der Waals surface area contributed by atoms with Crippen LogP contribution in [0.2, 0.25) is 0 Å². The number of phenols is 1. The zero-order valence-corrected chi connectivity index (χ0v) is 26.0. The first-order chi connectivity index (χ1) is 18.6. The Morgan fingerprint density at radius 2 is 1.07 bits per heavy atom. The van der Waals surface area contributed by atoms with E-state index in [1.54, 1.807) is 20.8 Å². The van der Waals surface area contributed by atoms with E-state index >= 15 is 0 Å². The first-order valence-corrected chi connectivity index (χ1v) is 13.4. The molecule has 2 aromatic carbocycles. The summed E-state index contributed by atoms with van der Waals surface area (Å²) < 4.78 is 14.1. The van der Waals surface area contributed by atoms with E-state index in [-0.39, 0.29) is 22.8 Å². The minimum Gasteiger partial charge on any atom is -0.507 e. The van der Waals surface area contributed by atoms with Crippen molar-refractivity contribution in [3.63, 3.8) is 0 Å². The van der Waals surface area contributed by atoms with Crippen molar-refractivity contribution < 1.29 is 33.7 Å². The minimum atomic E-state index is -0.588. The molecule has 3 aromatic rings. The summed E-state index contributed by atoms with van der Waals surface area (Å²) in [6.45, 7) is 23.1. The number of carbonyl (C=O) groups excluding carboxylic acids is 2. The molecule has 0 spiro atoms. The first-order valence-electron chi connectivity index (χ1n) is 13.4. The van der Waals surface area contributed by atoms with Gasteiger partial charge in [0.25, 0.3) is 0 Å². The number of Topliss-reactive ketones (excluding diaryl/α,β-unsaturated/α-hetero) is 1. The molecule has 0 atom stereocenters. The third kappa shape index (κ3) is 7.23. The van der Waals surface area contributed by atoms with Crippen molar-refractivity contribution in [3.8, 4) is 11.5 Å². The second-order valence-corrected chi connectivity index (χ2v) is 9.68. The molecule has 40 heavy (non-hydrogen) atoms. The third-order valence-corrected chi connectivity index (χ3v) is 7.50. The van der Waals surface area contributed by atoms with Crippen molar-refractivity contribution in [3.05, 3.63) is 66.1 Å². The van der Waals surface area contributed by atoms with Crippen LogP contribution in [0.25, 0.3) is 11.0 Å². The van der Waals surface area contributed by atoms with Crippen molar-refractivity contribution in [2.45, 2.75) is 89.5 Å². The maximum atomic E-state index is 11.7. The van der Waals surface area contributed by atoms with E-state index in [2.05, 4.69) is 9.47 Å². The summed E-state index contributed by atoms with van der Waals surface area (Å²) in [7, 11) is 0. The number of ether oxygens (including phenoxy) is 2. The number of carbonyl (C=O) groups is 2. The Labute approximate surface area is 236 Å². The summed E-state index contributed by atoms with van der Waals surface area (Å²) >= 11 is 0. The Morgan fingerprint density at radius 1 is 0.625 bits per heavy atom. The second kappa shape index (κ2) is 14.5. The molecule has 0 amide bonds. The van der Waals surface area contributed by atoms with Gasteiger partial charge in [0.1, 0.15) is 17.1 Å². The molecule has 0 bridgehead atoms. The van der Waals surface area contributed by atoms with Gasteiger partial charge in [-0.3, -0.25) is 4.79 Å². The van der Waals surface area contributed by atoms with E-state index in [0.717, 1.165) is 44.5 Å². The molecule has 1 heterocycles. The Morgan fingerprint density at radius 3 is 1.55 bits per heavy atom. The van der Waals surface area contributed by atoms with Crippen LogP contribution < -0.4 is 5.63 Å². The highest BCUT2D eigenvalue weighted by molar-refractivity contribution is 6.00. The van der Waals surface area contributed by atoms with Gasteiger partial charge in [-0.25, -0.2) is 9.59 Å². The van der Waals surface area contributed by atoms with Crippen molar-refractivity contribution in [2.24, 2.45) is 0 Å². The number of benzene rings is 2. The molecule has 0 aliphatic heterocycles. The average Bonchev–Trinajstić information content (AvgIpc) is 2.92. The molecule has 2 N–H and O–H groups in total. The molecule has 8 heteroatoms. The summed E-state index contributed by atoms with van der Waals surface area (Å²) in [5, 5.41) is 20.7. The molecule has 8 nitrogen and oxygen atoms in total. The zero-order valence-electron chi connectivity index (χ0n) is 26.0. The lowest BCUT2D eigenvalue weighted by atomic mass is 9.91. The summed E-state index contributed by atoms with van der Waals surface area (Å²) in [4.78, 5) is 33.5. The summed E-state index contributed by atoms with van der Waals surface area (Å²) in [5.41, 5.74) is 8.78. The van der Waals surface area contributed by atoms with Crippen LogP contribution in [0.3, 0.4) is 0 Å². The van der Waals surface area contributed by atoms with Gasteiger partial charge in [-0.1, -0.05) is 6.92 Å². The van der Waals surface area contributed by atoms with Crippen LogP contribution in [0.1, 0.15) is 87.6 Å². The lowest BCUT2D eigenvalue weighted by molar-refractivity contribution is 0.0630. The largest absolute Gasteiger partial charge is 0.508 e. The van der Waals surface area contributed by atoms with Crippen LogP contribution in [-0.4, -0.2) is 35.4 Å². The number of ketones is 1. The van der Waals surface area contributed by atoms with Crippen LogP contribution in [0.15, 0.2) is 9.21 Å². The lowest BCUT2D eigenvalue weighted by Gasteiger charge is -2.15. The number of aryl methyl sites for hydroxylation is 2. The third-order valence-electron chi connectivity index (χ3n) is 7.50. The molecule has 3 rings (SSSR count). The van der Waals surface area contributed by atoms with Gasteiger partial charge >= 0.3 is 11.8 Å². The van der Waals surface area contributed by atoms with Gasteiger partial charge in [0.2, 0.25) is 0 Å². The number of fused-ring (bicyclic) bond motifs is 1. The highest BCUT2D eigenvalue weighted by atomic mass is 16.7. The second-order valence-electron chi connectivity index (χ2n) is 9.68. The van der Waals surface area contributed by atoms with E-state index in [9.17, 15) is 24.6 Å². The number of hydrogen-bond acceptors (Lipinski definition) is 8. The standard InChI is InChI=1S/C14H16O3.C13H18O2.C5H10O3/c1-6-7(2)9(4)13-11(8(6)3)12(15)10(5)14(16)17-13;1-6-11(14)12-9(4)7(2)8(3)10(5)13(12)15;1-3-7-5(6)8-4-2/h15H,1-5H3;15H,6H2,1-5H3;3-4H2,1-2H3. The fraction of sp³-hybridized carbons (Fsp3) is 0.469. The molecule has 1 aromatic heterocycles. The van der Waals surface area contributed by atoms with Crippen molar-refractivity contribution in [1.82, 2.24) is 0 Å². The maximum Gasteiger partial charge on any atom is 0.508 e. The summed E-state index contributed by atoms with van der Waals surface area (Å²) in [5.74, 6) is 0.207. The van der Waals surface area contributed by atoms with Crippen LogP contribution in [0.5, 0.6) is 11.5 Å². The van der Waals surface area contributed by atoms with Gasteiger partial charge in [0.05, 0.1) is 29.7 Å². The Balaban J connectivity index is 0.000000320. The quantitative estimate of drug-likeness (QED) is 0.193. The Hall–Kier alpha value is -3.81. The van der Waals surface area contributed by atoms with Crippen molar-refractivity contribution in [1.29, 1.82) is 0 Å². The first kappa shape index (κ1) is 34.2. The van der Waals surface area contributed by atoms with Crippen molar-refractivity contribution in [2.75, 3.05) is 13.2 Å². The zero-order chi connectivity index (χ0) is 31.1. The molecular weight excluding hydrogens is 512 g/mol. The number of phenolic OH excluding ortho intramolecular Hbond substituents is 1. The molecule has 0 unspecified atom stereocenters. The van der Waals surface area contributed by atoms with E-state index < -0.39 is 11.8 Å². The fourth-order valence-electron chi connectivity index (χ4n) is 4.23. The average molecular weight is 557 g/mol. The highest BCUT2D eigenvalue weighted by Crippen LogP contribution is 2.35. The van der Waals surface area contributed by atoms with E-state index in [0.29, 0.717) is 36.2 Å². The normalized spacial score (nSPS) is 10.3. The number of aromatic hydroxyl groups is 2. The van der Waals surface area contributed by atoms with Gasteiger partial charge < -0.3 is 24.1 Å². The van der Waals surface area contributed by atoms with Gasteiger partial charge in [-0.15, -0.1) is 0 Å². The molecule has 0 aliphatic rings. The van der Waals surface area contributed by atoms with Crippen molar-refractivity contribution >= 4 is 22.9 Å². The van der Waals surface area contributed by atoms with Gasteiger partial charge in [-0.05, 0) is 121 Å². The van der Waals surface area contributed by atoms with Crippen LogP contribution in [-0.2, 0) is 9.47 Å². The summed E-state index contributed by atoms with van der Waals surface area (Å²) in [6.07, 6.45) is -0.161. The molecule has 220 valence electrons. The molecule has 0 saturated heterocycles. The molecule has 0 saturated carbocycles. The fourth-order valence-corrected chi connectivity index (χ4v) is 4.23. The predicted molar refractivity (Wildman–Crippen MR) is 158 cm³/mol. The van der Waals surface area contributed by atoms with Crippen LogP contribution in [0, 0.1) is 62.3 Å². The lowest BCUT2D eigenvalue weighted by Crippen LogP contribution is -2.06. The van der Waals surface area contributed by atoms with Gasteiger partial charge in [-0.2, -0.15) is 0 Å².